The van der Waals surface area contributed by atoms with Gasteiger partial charge < -0.3 is 5.11 Å². The molecule has 0 atom stereocenters. The third-order valence-electron chi connectivity index (χ3n) is 1.73. The van der Waals surface area contributed by atoms with Crippen LogP contribution in [0.2, 0.25) is 0 Å². The molecule has 0 aromatic carbocycles. The first-order chi connectivity index (χ1) is 6.27. The van der Waals surface area contributed by atoms with Crippen LogP contribution in [0.4, 0.5) is 0 Å². The quantitative estimate of drug-likeness (QED) is 0.690. The first-order valence-electron chi connectivity index (χ1n) is 3.76. The molecule has 0 aliphatic rings. The van der Waals surface area contributed by atoms with E-state index in [-0.39, 0.29) is 5.75 Å². The largest absolute Gasteiger partial charge is 0.506 e. The number of nitrogens with zero attached hydrogens (tertiary/aromatic N) is 4. The van der Waals surface area contributed by atoms with Gasteiger partial charge in [-0.25, -0.2) is 4.68 Å². The lowest BCUT2D eigenvalue weighted by Crippen LogP contribution is -1.93. The maximum absolute atomic E-state index is 9.19. The van der Waals surface area contributed by atoms with E-state index in [1.165, 1.54) is 6.20 Å². The smallest absolute Gasteiger partial charge is 0.134 e. The van der Waals surface area contributed by atoms with Gasteiger partial charge in [-0.05, 0) is 6.07 Å². The molecule has 2 aromatic heterocycles. The summed E-state index contributed by atoms with van der Waals surface area (Å²) < 4.78 is 1.62. The summed E-state index contributed by atoms with van der Waals surface area (Å²) in [5.74, 6) is 0.138. The van der Waals surface area contributed by atoms with Crippen molar-refractivity contribution in [1.29, 1.82) is 0 Å². The predicted octanol–water partition coefficient (Wildman–Crippen LogP) is 0.583. The lowest BCUT2D eigenvalue weighted by Gasteiger charge is -1.99. The van der Waals surface area contributed by atoms with Crippen LogP contribution in [0.1, 0.15) is 0 Å². The van der Waals surface area contributed by atoms with Crippen molar-refractivity contribution in [2.24, 2.45) is 7.05 Å². The predicted molar refractivity (Wildman–Crippen MR) is 45.9 cm³/mol. The Morgan fingerprint density at radius 1 is 1.31 bits per heavy atom. The lowest BCUT2D eigenvalue weighted by molar-refractivity contribution is 0.473. The molecule has 2 heterocycles. The van der Waals surface area contributed by atoms with E-state index >= 15 is 0 Å². The molecule has 2 aromatic rings. The van der Waals surface area contributed by atoms with Crippen molar-refractivity contribution in [2.45, 2.75) is 0 Å². The van der Waals surface area contributed by atoms with E-state index < -0.39 is 0 Å². The highest BCUT2D eigenvalue weighted by atomic mass is 16.3. The van der Waals surface area contributed by atoms with Crippen molar-refractivity contribution in [1.82, 2.24) is 20.0 Å². The average Bonchev–Trinajstić information content (AvgIpc) is 2.51. The van der Waals surface area contributed by atoms with Gasteiger partial charge in [-0.3, -0.25) is 4.98 Å². The average molecular weight is 176 g/mol. The Bertz CT molecular complexity index is 424. The van der Waals surface area contributed by atoms with Gasteiger partial charge in [-0.15, -0.1) is 5.10 Å². The first-order valence-corrected chi connectivity index (χ1v) is 3.76. The van der Waals surface area contributed by atoms with Crippen LogP contribution in [0.15, 0.2) is 24.7 Å². The topological polar surface area (TPSA) is 63.8 Å². The van der Waals surface area contributed by atoms with E-state index in [1.807, 2.05) is 0 Å². The van der Waals surface area contributed by atoms with E-state index in [0.717, 1.165) is 11.3 Å². The van der Waals surface area contributed by atoms with Gasteiger partial charge >= 0.3 is 0 Å². The summed E-state index contributed by atoms with van der Waals surface area (Å²) in [6, 6.07) is 1.62. The van der Waals surface area contributed by atoms with Crippen LogP contribution in [-0.4, -0.2) is 25.1 Å². The van der Waals surface area contributed by atoms with Crippen LogP contribution in [0.3, 0.4) is 0 Å². The van der Waals surface area contributed by atoms with Crippen LogP contribution < -0.4 is 0 Å². The number of aromatic nitrogens is 4. The molecule has 0 spiro atoms. The molecule has 13 heavy (non-hydrogen) atoms. The van der Waals surface area contributed by atoms with Crippen LogP contribution in [-0.2, 0) is 7.05 Å². The molecule has 0 aliphatic heterocycles. The minimum absolute atomic E-state index is 0.138. The van der Waals surface area contributed by atoms with Crippen molar-refractivity contribution in [3.8, 4) is 17.0 Å². The summed E-state index contributed by atoms with van der Waals surface area (Å²) in [6.45, 7) is 0. The maximum Gasteiger partial charge on any atom is 0.134 e. The molecule has 0 saturated heterocycles. The minimum Gasteiger partial charge on any atom is -0.506 e. The van der Waals surface area contributed by atoms with E-state index in [1.54, 1.807) is 30.2 Å². The van der Waals surface area contributed by atoms with Crippen molar-refractivity contribution in [2.75, 3.05) is 0 Å². The molecule has 0 amide bonds. The number of aromatic hydroxyl groups is 1. The second kappa shape index (κ2) is 2.85. The molecule has 1 N–H and O–H groups in total. The molecule has 0 bridgehead atoms. The SMILES string of the molecule is Cn1nncc1-c1cncc(O)c1. The van der Waals surface area contributed by atoms with Gasteiger partial charge in [0.25, 0.3) is 0 Å². The summed E-state index contributed by atoms with van der Waals surface area (Å²) in [7, 11) is 1.78. The molecule has 2 rings (SSSR count). The Morgan fingerprint density at radius 3 is 2.77 bits per heavy atom. The highest BCUT2D eigenvalue weighted by Crippen LogP contribution is 2.19. The molecule has 5 heteroatoms. The first kappa shape index (κ1) is 7.72. The van der Waals surface area contributed by atoms with Crippen molar-refractivity contribution in [3.63, 3.8) is 0 Å². The number of rotatable bonds is 1. The molecule has 5 nitrogen and oxygen atoms in total. The zero-order chi connectivity index (χ0) is 9.26. The molecule has 0 aliphatic carbocycles. The van der Waals surface area contributed by atoms with E-state index in [2.05, 4.69) is 15.3 Å². The second-order valence-corrected chi connectivity index (χ2v) is 2.67. The second-order valence-electron chi connectivity index (χ2n) is 2.67. The zero-order valence-electron chi connectivity index (χ0n) is 7.05. The highest BCUT2D eigenvalue weighted by molar-refractivity contribution is 5.58. The molecule has 0 saturated carbocycles. The fraction of sp³-hybridized carbons (Fsp3) is 0.125. The van der Waals surface area contributed by atoms with Crippen molar-refractivity contribution >= 4 is 0 Å². The van der Waals surface area contributed by atoms with Gasteiger partial charge in [-0.2, -0.15) is 0 Å². The van der Waals surface area contributed by atoms with Gasteiger partial charge in [0, 0.05) is 18.8 Å². The number of hydrogen-bond acceptors (Lipinski definition) is 4. The molecule has 0 radical (unpaired) electrons. The molecular weight excluding hydrogens is 168 g/mol. The van der Waals surface area contributed by atoms with Gasteiger partial charge in [-0.1, -0.05) is 5.21 Å². The van der Waals surface area contributed by atoms with Gasteiger partial charge in [0.2, 0.25) is 0 Å². The van der Waals surface area contributed by atoms with E-state index in [4.69, 9.17) is 0 Å². The Hall–Kier alpha value is -1.91. The highest BCUT2D eigenvalue weighted by Gasteiger charge is 2.03. The minimum atomic E-state index is 0.138. The maximum atomic E-state index is 9.19. The summed E-state index contributed by atoms with van der Waals surface area (Å²) >= 11 is 0. The van der Waals surface area contributed by atoms with Gasteiger partial charge in [0.05, 0.1) is 18.1 Å². The summed E-state index contributed by atoms with van der Waals surface area (Å²) in [4.78, 5) is 3.86. The monoisotopic (exact) mass is 176 g/mol. The molecular formula is C8H8N4O. The third-order valence-corrected chi connectivity index (χ3v) is 1.73. The third kappa shape index (κ3) is 1.35. The van der Waals surface area contributed by atoms with E-state index in [0.29, 0.717) is 0 Å². The number of hydrogen-bond donors (Lipinski definition) is 1. The van der Waals surface area contributed by atoms with Crippen molar-refractivity contribution in [3.05, 3.63) is 24.7 Å². The fourth-order valence-electron chi connectivity index (χ4n) is 1.12. The van der Waals surface area contributed by atoms with Gasteiger partial charge in [0.1, 0.15) is 5.75 Å². The summed E-state index contributed by atoms with van der Waals surface area (Å²) in [5, 5.41) is 16.7. The molecule has 0 fully saturated rings. The Labute approximate surface area is 74.7 Å². The van der Waals surface area contributed by atoms with Crippen LogP contribution in [0, 0.1) is 0 Å². The normalized spacial score (nSPS) is 10.2. The van der Waals surface area contributed by atoms with Crippen LogP contribution in [0.25, 0.3) is 11.3 Å². The molecule has 66 valence electrons. The van der Waals surface area contributed by atoms with Crippen LogP contribution >= 0.6 is 0 Å². The Morgan fingerprint density at radius 2 is 2.15 bits per heavy atom. The molecule has 0 unspecified atom stereocenters. The fourth-order valence-corrected chi connectivity index (χ4v) is 1.12. The zero-order valence-corrected chi connectivity index (χ0v) is 7.05. The van der Waals surface area contributed by atoms with Crippen LogP contribution in [0.5, 0.6) is 5.75 Å². The summed E-state index contributed by atoms with van der Waals surface area (Å²) in [6.07, 6.45) is 4.65. The van der Waals surface area contributed by atoms with Gasteiger partial charge in [0.15, 0.2) is 0 Å². The number of pyridine rings is 1. The van der Waals surface area contributed by atoms with E-state index in [9.17, 15) is 5.11 Å². The Balaban J connectivity index is 2.53. The summed E-state index contributed by atoms with van der Waals surface area (Å²) in [5.41, 5.74) is 1.62. The number of aryl methyl sites for hydroxylation is 1. The Kier molecular flexibility index (Phi) is 1.70. The lowest BCUT2D eigenvalue weighted by atomic mass is 10.2. The standard InChI is InChI=1S/C8H8N4O/c1-12-8(5-10-11-12)6-2-7(13)4-9-3-6/h2-5,13H,1H3. The van der Waals surface area contributed by atoms with Crippen molar-refractivity contribution < 1.29 is 5.11 Å².